The van der Waals surface area contributed by atoms with E-state index in [4.69, 9.17) is 9.47 Å². The number of hydrogen-bond acceptors (Lipinski definition) is 4. The van der Waals surface area contributed by atoms with Gasteiger partial charge in [0, 0.05) is 18.6 Å². The minimum atomic E-state index is -4.73. The van der Waals surface area contributed by atoms with Crippen molar-refractivity contribution >= 4 is 5.69 Å². The van der Waals surface area contributed by atoms with Crippen molar-refractivity contribution in [1.29, 1.82) is 0 Å². The normalized spacial score (nSPS) is 11.2. The van der Waals surface area contributed by atoms with Gasteiger partial charge in [-0.2, -0.15) is 13.2 Å². The molecule has 0 atom stereocenters. The molecule has 8 heteroatoms. The van der Waals surface area contributed by atoms with Gasteiger partial charge in [0.1, 0.15) is 17.1 Å². The van der Waals surface area contributed by atoms with Gasteiger partial charge >= 0.3 is 6.18 Å². The highest BCUT2D eigenvalue weighted by Crippen LogP contribution is 2.38. The molecule has 0 aromatic heterocycles. The number of halogens is 3. The molecule has 0 fully saturated rings. The summed E-state index contributed by atoms with van der Waals surface area (Å²) in [5.74, 6) is 0.246. The first-order valence-electron chi connectivity index (χ1n) is 6.92. The Labute approximate surface area is 135 Å². The van der Waals surface area contributed by atoms with Gasteiger partial charge < -0.3 is 9.47 Å². The van der Waals surface area contributed by atoms with E-state index >= 15 is 0 Å². The third-order valence-corrected chi connectivity index (χ3v) is 3.29. The predicted molar refractivity (Wildman–Crippen MR) is 80.3 cm³/mol. The maximum atomic E-state index is 13.0. The number of nitrogens with zero attached hydrogens (tertiary/aromatic N) is 1. The molecule has 128 valence electrons. The molecule has 2 aromatic rings. The molecule has 0 N–H and O–H groups in total. The van der Waals surface area contributed by atoms with E-state index in [2.05, 4.69) is 0 Å². The summed E-state index contributed by atoms with van der Waals surface area (Å²) in [4.78, 5) is 9.75. The Kier molecular flexibility index (Phi) is 5.28. The van der Waals surface area contributed by atoms with Crippen LogP contribution in [0.25, 0.3) is 0 Å². The van der Waals surface area contributed by atoms with Crippen LogP contribution in [0.1, 0.15) is 11.1 Å². The number of non-ortho nitro benzene ring substituents is 1. The molecule has 0 aliphatic rings. The van der Waals surface area contributed by atoms with Crippen molar-refractivity contribution in [2.24, 2.45) is 0 Å². The zero-order valence-corrected chi connectivity index (χ0v) is 12.7. The third-order valence-electron chi connectivity index (χ3n) is 3.29. The molecule has 0 amide bonds. The largest absolute Gasteiger partial charge is 0.497 e. The number of nitro benzene ring substituents is 1. The Morgan fingerprint density at radius 2 is 1.79 bits per heavy atom. The molecule has 24 heavy (non-hydrogen) atoms. The first kappa shape index (κ1) is 17.6. The van der Waals surface area contributed by atoms with Crippen molar-refractivity contribution in [3.05, 3.63) is 63.7 Å². The zero-order chi connectivity index (χ0) is 17.7. The molecule has 0 saturated heterocycles. The lowest BCUT2D eigenvalue weighted by molar-refractivity contribution is -0.385. The maximum Gasteiger partial charge on any atom is 0.420 e. The highest BCUT2D eigenvalue weighted by Gasteiger charge is 2.36. The lowest BCUT2D eigenvalue weighted by atomic mass is 10.1. The Morgan fingerprint density at radius 1 is 1.12 bits per heavy atom. The smallest absolute Gasteiger partial charge is 0.420 e. The standard InChI is InChI=1S/C16H14F3NO4/c1-23-13-5-2-11(3-6-13)8-9-24-15-7-4-12(20(21)22)10-14(15)16(17,18)19/h2-7,10H,8-9H2,1H3. The van der Waals surface area contributed by atoms with E-state index in [1.807, 2.05) is 0 Å². The average molecular weight is 341 g/mol. The van der Waals surface area contributed by atoms with Crippen molar-refractivity contribution in [3.63, 3.8) is 0 Å². The van der Waals surface area contributed by atoms with Crippen molar-refractivity contribution in [3.8, 4) is 11.5 Å². The van der Waals surface area contributed by atoms with Crippen LogP contribution in [0, 0.1) is 10.1 Å². The summed E-state index contributed by atoms with van der Waals surface area (Å²) >= 11 is 0. The summed E-state index contributed by atoms with van der Waals surface area (Å²) in [5.41, 5.74) is -0.928. The van der Waals surface area contributed by atoms with Crippen LogP contribution in [0.4, 0.5) is 18.9 Å². The van der Waals surface area contributed by atoms with Crippen LogP contribution in [0.2, 0.25) is 0 Å². The van der Waals surface area contributed by atoms with Crippen molar-refractivity contribution in [2.75, 3.05) is 13.7 Å². The maximum absolute atomic E-state index is 13.0. The predicted octanol–water partition coefficient (Wildman–Crippen LogP) is 4.24. The lowest BCUT2D eigenvalue weighted by Crippen LogP contribution is -2.11. The second-order valence-electron chi connectivity index (χ2n) is 4.88. The quantitative estimate of drug-likeness (QED) is 0.582. The molecular formula is C16H14F3NO4. The molecule has 0 heterocycles. The molecule has 0 radical (unpaired) electrons. The van der Waals surface area contributed by atoms with Crippen molar-refractivity contribution in [1.82, 2.24) is 0 Å². The lowest BCUT2D eigenvalue weighted by Gasteiger charge is -2.13. The van der Waals surface area contributed by atoms with Gasteiger partial charge in [0.25, 0.3) is 5.69 Å². The average Bonchev–Trinajstić information content (AvgIpc) is 2.54. The number of alkyl halides is 3. The molecule has 2 rings (SSSR count). The first-order chi connectivity index (χ1) is 11.3. The van der Waals surface area contributed by atoms with E-state index in [-0.39, 0.29) is 6.61 Å². The molecule has 0 aliphatic heterocycles. The summed E-state index contributed by atoms with van der Waals surface area (Å²) in [7, 11) is 1.53. The highest BCUT2D eigenvalue weighted by atomic mass is 19.4. The number of hydrogen-bond donors (Lipinski definition) is 0. The van der Waals surface area contributed by atoms with Gasteiger partial charge in [-0.15, -0.1) is 0 Å². The minimum Gasteiger partial charge on any atom is -0.497 e. The number of benzene rings is 2. The summed E-state index contributed by atoms with van der Waals surface area (Å²) in [6.45, 7) is 0.00716. The summed E-state index contributed by atoms with van der Waals surface area (Å²) in [6.07, 6.45) is -4.35. The fourth-order valence-electron chi connectivity index (χ4n) is 2.05. The van der Waals surface area contributed by atoms with Crippen molar-refractivity contribution < 1.29 is 27.6 Å². The Balaban J connectivity index is 2.09. The van der Waals surface area contributed by atoms with Gasteiger partial charge in [-0.25, -0.2) is 0 Å². The van der Waals surface area contributed by atoms with E-state index in [0.29, 0.717) is 18.2 Å². The number of ether oxygens (including phenoxy) is 2. The van der Waals surface area contributed by atoms with Gasteiger partial charge in [0.2, 0.25) is 0 Å². The molecule has 0 saturated carbocycles. The number of methoxy groups -OCH3 is 1. The van der Waals surface area contributed by atoms with Gasteiger partial charge in [-0.1, -0.05) is 12.1 Å². The first-order valence-corrected chi connectivity index (χ1v) is 6.92. The fraction of sp³-hybridized carbons (Fsp3) is 0.250. The highest BCUT2D eigenvalue weighted by molar-refractivity contribution is 5.45. The second kappa shape index (κ2) is 7.20. The summed E-state index contributed by atoms with van der Waals surface area (Å²) < 4.78 is 49.2. The molecule has 5 nitrogen and oxygen atoms in total. The van der Waals surface area contributed by atoms with Crippen LogP contribution in [0.15, 0.2) is 42.5 Å². The van der Waals surface area contributed by atoms with Gasteiger partial charge in [0.15, 0.2) is 0 Å². The van der Waals surface area contributed by atoms with Crippen LogP contribution in [0.3, 0.4) is 0 Å². The molecular weight excluding hydrogens is 327 g/mol. The second-order valence-corrected chi connectivity index (χ2v) is 4.88. The number of rotatable bonds is 6. The molecule has 0 bridgehead atoms. The Morgan fingerprint density at radius 3 is 2.33 bits per heavy atom. The zero-order valence-electron chi connectivity index (χ0n) is 12.7. The Bertz CT molecular complexity index is 714. The Hall–Kier alpha value is -2.77. The van der Waals surface area contributed by atoms with Crippen LogP contribution in [0.5, 0.6) is 11.5 Å². The molecule has 0 aliphatic carbocycles. The molecule has 2 aromatic carbocycles. The topological polar surface area (TPSA) is 61.6 Å². The van der Waals surface area contributed by atoms with E-state index in [9.17, 15) is 23.3 Å². The van der Waals surface area contributed by atoms with E-state index in [1.165, 1.54) is 7.11 Å². The summed E-state index contributed by atoms with van der Waals surface area (Å²) in [5, 5.41) is 10.6. The number of nitro groups is 1. The van der Waals surface area contributed by atoms with Gasteiger partial charge in [0.05, 0.1) is 18.6 Å². The SMILES string of the molecule is COc1ccc(CCOc2ccc([N+](=O)[O-])cc2C(F)(F)F)cc1. The minimum absolute atomic E-state index is 0.00716. The van der Waals surface area contributed by atoms with E-state index < -0.39 is 28.1 Å². The summed E-state index contributed by atoms with van der Waals surface area (Å²) in [6, 6.07) is 9.46. The van der Waals surface area contributed by atoms with Crippen LogP contribution < -0.4 is 9.47 Å². The van der Waals surface area contributed by atoms with E-state index in [1.54, 1.807) is 24.3 Å². The van der Waals surface area contributed by atoms with Crippen LogP contribution >= 0.6 is 0 Å². The van der Waals surface area contributed by atoms with Crippen LogP contribution in [-0.4, -0.2) is 18.6 Å². The molecule has 0 spiro atoms. The van der Waals surface area contributed by atoms with Gasteiger partial charge in [-0.05, 0) is 23.8 Å². The molecule has 0 unspecified atom stereocenters. The van der Waals surface area contributed by atoms with Gasteiger partial charge in [-0.3, -0.25) is 10.1 Å². The fourth-order valence-corrected chi connectivity index (χ4v) is 2.05. The van der Waals surface area contributed by atoms with Crippen LogP contribution in [-0.2, 0) is 12.6 Å². The third kappa shape index (κ3) is 4.37. The van der Waals surface area contributed by atoms with E-state index in [0.717, 1.165) is 17.7 Å². The van der Waals surface area contributed by atoms with Crippen molar-refractivity contribution in [2.45, 2.75) is 12.6 Å². The monoisotopic (exact) mass is 341 g/mol.